The summed E-state index contributed by atoms with van der Waals surface area (Å²) in [7, 11) is 0. The maximum atomic E-state index is 12.2. The number of likely N-dealkylation sites (tertiary alicyclic amines) is 2. The molecule has 1 aromatic heterocycles. The second-order valence-corrected chi connectivity index (χ2v) is 7.32. The first kappa shape index (κ1) is 14.6. The minimum atomic E-state index is 0.317. The number of hydrogen-bond donors (Lipinski definition) is 1. The van der Waals surface area contributed by atoms with Crippen LogP contribution in [0.5, 0.6) is 0 Å². The van der Waals surface area contributed by atoms with E-state index in [-0.39, 0.29) is 0 Å². The molecule has 2 saturated heterocycles. The van der Waals surface area contributed by atoms with Crippen LogP contribution in [0, 0.1) is 11.3 Å². The number of amides is 1. The van der Waals surface area contributed by atoms with Crippen LogP contribution in [0.2, 0.25) is 0 Å². The SMILES string of the molecule is CC(C)CN1CCC2(C1)CN(C(=O)CCc1ccc[nH]1)C2. The van der Waals surface area contributed by atoms with E-state index in [9.17, 15) is 4.79 Å². The van der Waals surface area contributed by atoms with Gasteiger partial charge in [0.25, 0.3) is 0 Å². The molecule has 0 saturated carbocycles. The molecular formula is C17H27N3O. The first-order valence-electron chi connectivity index (χ1n) is 8.19. The van der Waals surface area contributed by atoms with E-state index >= 15 is 0 Å². The van der Waals surface area contributed by atoms with E-state index in [1.807, 2.05) is 18.3 Å². The Hall–Kier alpha value is -1.29. The third-order valence-electron chi connectivity index (χ3n) is 4.82. The van der Waals surface area contributed by atoms with Gasteiger partial charge in [0, 0.05) is 49.9 Å². The van der Waals surface area contributed by atoms with Crippen molar-refractivity contribution in [2.24, 2.45) is 11.3 Å². The molecule has 2 aliphatic rings. The second kappa shape index (κ2) is 5.84. The van der Waals surface area contributed by atoms with Crippen LogP contribution in [-0.2, 0) is 11.2 Å². The predicted octanol–water partition coefficient (Wildman–Crippen LogP) is 2.14. The first-order chi connectivity index (χ1) is 10.1. The Morgan fingerprint density at radius 2 is 2.19 bits per heavy atom. The van der Waals surface area contributed by atoms with Crippen molar-refractivity contribution in [2.45, 2.75) is 33.1 Å². The fourth-order valence-electron chi connectivity index (χ4n) is 3.82. The van der Waals surface area contributed by atoms with E-state index in [0.29, 0.717) is 17.7 Å². The normalized spacial score (nSPS) is 21.2. The van der Waals surface area contributed by atoms with Crippen LogP contribution in [0.4, 0.5) is 0 Å². The molecule has 116 valence electrons. The van der Waals surface area contributed by atoms with Crippen molar-refractivity contribution >= 4 is 5.91 Å². The van der Waals surface area contributed by atoms with Crippen LogP contribution >= 0.6 is 0 Å². The van der Waals surface area contributed by atoms with E-state index in [1.165, 1.54) is 26.1 Å². The van der Waals surface area contributed by atoms with Gasteiger partial charge in [-0.25, -0.2) is 0 Å². The summed E-state index contributed by atoms with van der Waals surface area (Å²) in [6.45, 7) is 10.1. The number of carbonyl (C=O) groups excluding carboxylic acids is 1. The number of nitrogens with zero attached hydrogens (tertiary/aromatic N) is 2. The third kappa shape index (κ3) is 3.31. The van der Waals surface area contributed by atoms with Gasteiger partial charge >= 0.3 is 0 Å². The summed E-state index contributed by atoms with van der Waals surface area (Å²) < 4.78 is 0. The van der Waals surface area contributed by atoms with Crippen molar-refractivity contribution < 1.29 is 4.79 Å². The molecule has 1 aromatic rings. The number of rotatable bonds is 5. The number of nitrogens with one attached hydrogen (secondary N) is 1. The van der Waals surface area contributed by atoms with Crippen molar-refractivity contribution in [3.63, 3.8) is 0 Å². The second-order valence-electron chi connectivity index (χ2n) is 7.32. The summed E-state index contributed by atoms with van der Waals surface area (Å²) in [6.07, 6.45) is 4.64. The van der Waals surface area contributed by atoms with E-state index in [4.69, 9.17) is 0 Å². The Bertz CT molecular complexity index is 474. The highest BCUT2D eigenvalue weighted by Crippen LogP contribution is 2.39. The highest BCUT2D eigenvalue weighted by atomic mass is 16.2. The van der Waals surface area contributed by atoms with Crippen LogP contribution in [-0.4, -0.2) is 53.4 Å². The molecule has 0 aliphatic carbocycles. The first-order valence-corrected chi connectivity index (χ1v) is 8.19. The maximum absolute atomic E-state index is 12.2. The van der Waals surface area contributed by atoms with Gasteiger partial charge in [-0.15, -0.1) is 0 Å². The molecule has 0 aromatic carbocycles. The molecule has 21 heavy (non-hydrogen) atoms. The van der Waals surface area contributed by atoms with Crippen molar-refractivity contribution in [1.82, 2.24) is 14.8 Å². The average molecular weight is 289 g/mol. The van der Waals surface area contributed by atoms with Gasteiger partial charge in [0.1, 0.15) is 0 Å². The highest BCUT2D eigenvalue weighted by Gasteiger charge is 2.48. The van der Waals surface area contributed by atoms with Crippen LogP contribution in [0.3, 0.4) is 0 Å². The fourth-order valence-corrected chi connectivity index (χ4v) is 3.82. The summed E-state index contributed by atoms with van der Waals surface area (Å²) in [5.41, 5.74) is 1.57. The van der Waals surface area contributed by atoms with Crippen LogP contribution in [0.15, 0.2) is 18.3 Å². The van der Waals surface area contributed by atoms with Crippen LogP contribution in [0.1, 0.15) is 32.4 Å². The van der Waals surface area contributed by atoms with Crippen molar-refractivity contribution in [1.29, 1.82) is 0 Å². The number of hydrogen-bond acceptors (Lipinski definition) is 2. The minimum Gasteiger partial charge on any atom is -0.365 e. The van der Waals surface area contributed by atoms with E-state index < -0.39 is 0 Å². The molecule has 0 atom stereocenters. The molecule has 4 nitrogen and oxygen atoms in total. The lowest BCUT2D eigenvalue weighted by Crippen LogP contribution is -2.59. The molecule has 1 spiro atoms. The topological polar surface area (TPSA) is 39.3 Å². The Morgan fingerprint density at radius 1 is 1.38 bits per heavy atom. The molecule has 2 fully saturated rings. The largest absolute Gasteiger partial charge is 0.365 e. The van der Waals surface area contributed by atoms with E-state index in [0.717, 1.165) is 31.1 Å². The zero-order valence-corrected chi connectivity index (χ0v) is 13.3. The fraction of sp³-hybridized carbons (Fsp3) is 0.706. The Balaban J connectivity index is 1.42. The summed E-state index contributed by atoms with van der Waals surface area (Å²) >= 11 is 0. The number of H-pyrrole nitrogens is 1. The average Bonchev–Trinajstić information content (AvgIpc) is 3.02. The van der Waals surface area contributed by atoms with E-state index in [1.54, 1.807) is 0 Å². The maximum Gasteiger partial charge on any atom is 0.222 e. The van der Waals surface area contributed by atoms with Crippen molar-refractivity contribution in [3.8, 4) is 0 Å². The third-order valence-corrected chi connectivity index (χ3v) is 4.82. The highest BCUT2D eigenvalue weighted by molar-refractivity contribution is 5.77. The summed E-state index contributed by atoms with van der Waals surface area (Å²) in [4.78, 5) is 20.0. The smallest absolute Gasteiger partial charge is 0.222 e. The van der Waals surface area contributed by atoms with Crippen molar-refractivity contribution in [3.05, 3.63) is 24.0 Å². The molecule has 0 radical (unpaired) electrons. The van der Waals surface area contributed by atoms with Gasteiger partial charge in [0.2, 0.25) is 5.91 Å². The Kier molecular flexibility index (Phi) is 4.07. The van der Waals surface area contributed by atoms with Crippen LogP contribution < -0.4 is 0 Å². The number of aromatic amines is 1. The van der Waals surface area contributed by atoms with Gasteiger partial charge < -0.3 is 14.8 Å². The molecule has 2 aliphatic heterocycles. The number of aryl methyl sites for hydroxylation is 1. The summed E-state index contributed by atoms with van der Waals surface area (Å²) in [5.74, 6) is 1.05. The molecule has 0 unspecified atom stereocenters. The Labute approximate surface area is 127 Å². The molecule has 3 rings (SSSR count). The lowest BCUT2D eigenvalue weighted by atomic mass is 9.79. The quantitative estimate of drug-likeness (QED) is 0.902. The molecule has 0 bridgehead atoms. The van der Waals surface area contributed by atoms with Gasteiger partial charge in [-0.3, -0.25) is 4.79 Å². The van der Waals surface area contributed by atoms with Crippen LogP contribution in [0.25, 0.3) is 0 Å². The molecule has 1 amide bonds. The summed E-state index contributed by atoms with van der Waals surface area (Å²) in [6, 6.07) is 4.03. The zero-order valence-electron chi connectivity index (χ0n) is 13.3. The van der Waals surface area contributed by atoms with Gasteiger partial charge in [-0.05, 0) is 37.4 Å². The van der Waals surface area contributed by atoms with Crippen molar-refractivity contribution in [2.75, 3.05) is 32.7 Å². The lowest BCUT2D eigenvalue weighted by Gasteiger charge is -2.48. The molecule has 1 N–H and O–H groups in total. The zero-order chi connectivity index (χ0) is 14.9. The van der Waals surface area contributed by atoms with E-state index in [2.05, 4.69) is 28.6 Å². The minimum absolute atomic E-state index is 0.317. The summed E-state index contributed by atoms with van der Waals surface area (Å²) in [5, 5.41) is 0. The number of aromatic nitrogens is 1. The standard InChI is InChI=1S/C17H27N3O/c1-14(2)10-19-9-7-17(11-19)12-20(13-17)16(21)6-5-15-4-3-8-18-15/h3-4,8,14,18H,5-7,9-13H2,1-2H3. The molecule has 4 heteroatoms. The van der Waals surface area contributed by atoms with Gasteiger partial charge in [-0.1, -0.05) is 13.8 Å². The lowest BCUT2D eigenvalue weighted by molar-refractivity contribution is -0.142. The van der Waals surface area contributed by atoms with Gasteiger partial charge in [-0.2, -0.15) is 0 Å². The number of carbonyl (C=O) groups is 1. The molecular weight excluding hydrogens is 262 g/mol. The molecule has 3 heterocycles. The monoisotopic (exact) mass is 289 g/mol. The Morgan fingerprint density at radius 3 is 2.86 bits per heavy atom. The predicted molar refractivity (Wildman–Crippen MR) is 84.0 cm³/mol. The van der Waals surface area contributed by atoms with Gasteiger partial charge in [0.05, 0.1) is 0 Å². The van der Waals surface area contributed by atoms with Gasteiger partial charge in [0.15, 0.2) is 0 Å².